The molecular formula is C12H7BO. The minimum Gasteiger partial charge on any atom is -0.456 e. The van der Waals surface area contributed by atoms with E-state index >= 15 is 0 Å². The molecule has 0 spiro atoms. The lowest BCUT2D eigenvalue weighted by Crippen LogP contribution is -2.00. The molecule has 0 saturated heterocycles. The van der Waals surface area contributed by atoms with E-state index in [2.05, 4.69) is 0 Å². The van der Waals surface area contributed by atoms with Crippen molar-refractivity contribution < 1.29 is 11.3 Å². The molecule has 1 heterocycles. The molecule has 0 N–H and O–H groups in total. The van der Waals surface area contributed by atoms with Crippen LogP contribution in [0.2, 0.25) is 0 Å². The molecule has 64 valence electrons. The molecule has 0 atom stereocenters. The standard InChI is InChI=1S/C12H7BO/c13-9-5-3-7-11-12(9)8-4-1-2-6-10(8)14-11/h1-7H/i1D,2D,5D,6D,7D. The molecule has 0 unspecified atom stereocenters. The van der Waals surface area contributed by atoms with Gasteiger partial charge in [-0.2, -0.15) is 0 Å². The molecule has 2 heteroatoms. The average molecular weight is 183 g/mol. The van der Waals surface area contributed by atoms with Crippen LogP contribution in [0.5, 0.6) is 0 Å². The van der Waals surface area contributed by atoms with Gasteiger partial charge in [0.2, 0.25) is 0 Å². The third kappa shape index (κ3) is 0.910. The fourth-order valence-electron chi connectivity index (χ4n) is 1.50. The molecule has 0 aliphatic rings. The second-order valence-electron chi connectivity index (χ2n) is 2.93. The molecule has 0 saturated carbocycles. The number of furan rings is 1. The van der Waals surface area contributed by atoms with Crippen LogP contribution in [-0.2, 0) is 0 Å². The summed E-state index contributed by atoms with van der Waals surface area (Å²) in [5.74, 6) is 0. The Hall–Kier alpha value is -1.70. The lowest BCUT2D eigenvalue weighted by molar-refractivity contribution is 0.669. The van der Waals surface area contributed by atoms with Gasteiger partial charge < -0.3 is 4.42 Å². The van der Waals surface area contributed by atoms with Crippen LogP contribution in [0.15, 0.2) is 46.8 Å². The molecule has 1 aromatic heterocycles. The highest BCUT2D eigenvalue weighted by molar-refractivity contribution is 6.41. The quantitative estimate of drug-likeness (QED) is 0.487. The number of hydrogen-bond donors (Lipinski definition) is 0. The summed E-state index contributed by atoms with van der Waals surface area (Å²) in [5, 5.41) is 0.774. The van der Waals surface area contributed by atoms with Crippen molar-refractivity contribution in [2.75, 3.05) is 0 Å². The van der Waals surface area contributed by atoms with E-state index in [1.165, 1.54) is 12.1 Å². The van der Waals surface area contributed by atoms with Gasteiger partial charge in [0.25, 0.3) is 0 Å². The smallest absolute Gasteiger partial charge is 0.135 e. The van der Waals surface area contributed by atoms with Crippen LogP contribution in [0.25, 0.3) is 21.9 Å². The van der Waals surface area contributed by atoms with Crippen LogP contribution < -0.4 is 5.46 Å². The van der Waals surface area contributed by atoms with E-state index in [0.29, 0.717) is 10.8 Å². The Balaban J connectivity index is 2.66. The van der Waals surface area contributed by atoms with Gasteiger partial charge in [0.1, 0.15) is 19.0 Å². The maximum Gasteiger partial charge on any atom is 0.135 e. The van der Waals surface area contributed by atoms with E-state index in [9.17, 15) is 0 Å². The van der Waals surface area contributed by atoms with Crippen LogP contribution >= 0.6 is 0 Å². The predicted molar refractivity (Wildman–Crippen MR) is 59.1 cm³/mol. The Labute approximate surface area is 89.8 Å². The summed E-state index contributed by atoms with van der Waals surface area (Å²) in [4.78, 5) is 0. The molecule has 0 bridgehead atoms. The molecule has 2 aromatic carbocycles. The van der Waals surface area contributed by atoms with E-state index in [1.54, 1.807) is 0 Å². The average Bonchev–Trinajstić information content (AvgIpc) is 2.73. The molecule has 0 aliphatic carbocycles. The van der Waals surface area contributed by atoms with E-state index in [-0.39, 0.29) is 46.8 Å². The van der Waals surface area contributed by atoms with Gasteiger partial charge >= 0.3 is 0 Å². The Kier molecular flexibility index (Phi) is 0.797. The number of rotatable bonds is 0. The highest BCUT2D eigenvalue weighted by Crippen LogP contribution is 2.26. The van der Waals surface area contributed by atoms with Crippen molar-refractivity contribution in [1.29, 1.82) is 0 Å². The molecule has 1 nitrogen and oxygen atoms in total. The summed E-state index contributed by atoms with van der Waals surface area (Å²) < 4.78 is 44.0. The van der Waals surface area contributed by atoms with Gasteiger partial charge in [0, 0.05) is 10.8 Å². The molecule has 0 fully saturated rings. The van der Waals surface area contributed by atoms with E-state index in [4.69, 9.17) is 19.1 Å². The van der Waals surface area contributed by atoms with Crippen LogP contribution in [0.1, 0.15) is 6.85 Å². The van der Waals surface area contributed by atoms with Gasteiger partial charge in [-0.25, -0.2) is 0 Å². The largest absolute Gasteiger partial charge is 0.456 e. The Morgan fingerprint density at radius 3 is 3.00 bits per heavy atom. The van der Waals surface area contributed by atoms with Crippen LogP contribution in [-0.4, -0.2) is 7.85 Å². The molecule has 14 heavy (non-hydrogen) atoms. The first kappa shape index (κ1) is 4.22. The topological polar surface area (TPSA) is 13.1 Å². The zero-order valence-corrected chi connectivity index (χ0v) is 7.14. The van der Waals surface area contributed by atoms with Gasteiger partial charge in [-0.3, -0.25) is 0 Å². The first-order valence-electron chi connectivity index (χ1n) is 6.60. The highest BCUT2D eigenvalue weighted by Gasteiger charge is 2.06. The zero-order valence-electron chi connectivity index (χ0n) is 12.1. The van der Waals surface area contributed by atoms with Crippen LogP contribution in [0, 0.1) is 0 Å². The van der Waals surface area contributed by atoms with Gasteiger partial charge in [-0.1, -0.05) is 35.7 Å². The number of hydrogen-bond acceptors (Lipinski definition) is 1. The van der Waals surface area contributed by atoms with Crippen molar-refractivity contribution in [3.63, 3.8) is 0 Å². The van der Waals surface area contributed by atoms with Crippen LogP contribution in [0.4, 0.5) is 0 Å². The van der Waals surface area contributed by atoms with Gasteiger partial charge in [-0.15, -0.1) is 0 Å². The minimum absolute atomic E-state index is 0.00265. The maximum atomic E-state index is 7.81. The monoisotopic (exact) mass is 183 g/mol. The summed E-state index contributed by atoms with van der Waals surface area (Å²) >= 11 is 0. The third-order valence-electron chi connectivity index (χ3n) is 2.11. The van der Waals surface area contributed by atoms with Gasteiger partial charge in [0.15, 0.2) is 0 Å². The molecule has 0 aliphatic heterocycles. The fraction of sp³-hybridized carbons (Fsp3) is 0. The normalized spacial score (nSPS) is 16.1. The SMILES string of the molecule is [2H]c1cc2c(oc3c([2H])cc([2H])c([B])c32)c([2H])c1[2H]. The van der Waals surface area contributed by atoms with Crippen molar-refractivity contribution in [1.82, 2.24) is 0 Å². The molecule has 3 rings (SSSR count). The fourth-order valence-corrected chi connectivity index (χ4v) is 1.50. The van der Waals surface area contributed by atoms with Gasteiger partial charge in [-0.05, 0) is 12.1 Å². The van der Waals surface area contributed by atoms with E-state index in [0.717, 1.165) is 0 Å². The predicted octanol–water partition coefficient (Wildman–Crippen LogP) is 2.38. The molecule has 3 aromatic rings. The molecular weight excluding hydrogens is 171 g/mol. The minimum atomic E-state index is -0.234. The molecule has 2 radical (unpaired) electrons. The Morgan fingerprint density at radius 2 is 2.07 bits per heavy atom. The summed E-state index contributed by atoms with van der Waals surface area (Å²) in [6, 6.07) is 2.12. The van der Waals surface area contributed by atoms with Crippen LogP contribution in [0.3, 0.4) is 0 Å². The highest BCUT2D eigenvalue weighted by atomic mass is 16.3. The third-order valence-corrected chi connectivity index (χ3v) is 2.11. The van der Waals surface area contributed by atoms with Crippen molar-refractivity contribution in [2.45, 2.75) is 0 Å². The van der Waals surface area contributed by atoms with Crippen molar-refractivity contribution in [3.05, 3.63) is 42.3 Å². The Bertz CT molecular complexity index is 840. The van der Waals surface area contributed by atoms with E-state index < -0.39 is 0 Å². The summed E-state index contributed by atoms with van der Waals surface area (Å²) in [7, 11) is 5.84. The lowest BCUT2D eigenvalue weighted by Gasteiger charge is -1.93. The first-order valence-corrected chi connectivity index (χ1v) is 4.10. The number of fused-ring (bicyclic) bond motifs is 3. The first-order chi connectivity index (χ1) is 8.91. The summed E-state index contributed by atoms with van der Waals surface area (Å²) in [5.41, 5.74) is 0.463. The van der Waals surface area contributed by atoms with Gasteiger partial charge in [0.05, 0.1) is 6.85 Å². The lowest BCUT2D eigenvalue weighted by atomic mass is 9.91. The number of para-hydroxylation sites is 1. The summed E-state index contributed by atoms with van der Waals surface area (Å²) in [6.07, 6.45) is 0. The maximum absolute atomic E-state index is 7.81. The Morgan fingerprint density at radius 1 is 1.14 bits per heavy atom. The van der Waals surface area contributed by atoms with Crippen molar-refractivity contribution in [3.8, 4) is 0 Å². The zero-order chi connectivity index (χ0) is 13.9. The van der Waals surface area contributed by atoms with Crippen molar-refractivity contribution >= 4 is 35.2 Å². The van der Waals surface area contributed by atoms with Crippen molar-refractivity contribution in [2.24, 2.45) is 0 Å². The second kappa shape index (κ2) is 2.64. The summed E-state index contributed by atoms with van der Waals surface area (Å²) in [6.45, 7) is 0. The second-order valence-corrected chi connectivity index (χ2v) is 2.93. The van der Waals surface area contributed by atoms with E-state index in [1.807, 2.05) is 0 Å². The number of benzene rings is 2. The molecule has 0 amide bonds.